The van der Waals surface area contributed by atoms with E-state index in [0.717, 1.165) is 12.7 Å². The summed E-state index contributed by atoms with van der Waals surface area (Å²) in [7, 11) is 1.15. The number of ether oxygens (including phenoxy) is 2. The molecule has 0 radical (unpaired) electrons. The van der Waals surface area contributed by atoms with Crippen LogP contribution in [0.4, 0.5) is 4.79 Å². The van der Waals surface area contributed by atoms with Gasteiger partial charge in [0.1, 0.15) is 12.6 Å². The van der Waals surface area contributed by atoms with Gasteiger partial charge in [-0.2, -0.15) is 0 Å². The van der Waals surface area contributed by atoms with Crippen molar-refractivity contribution in [2.45, 2.75) is 39.0 Å². The molecule has 0 aromatic heterocycles. The molecule has 1 rings (SSSR count). The lowest BCUT2D eigenvalue weighted by atomic mass is 10.0. The van der Waals surface area contributed by atoms with Crippen LogP contribution >= 0.6 is 0 Å². The number of amides is 2. The van der Waals surface area contributed by atoms with Gasteiger partial charge in [0.25, 0.3) is 0 Å². The van der Waals surface area contributed by atoms with Crippen molar-refractivity contribution in [1.29, 1.82) is 0 Å². The fourth-order valence-corrected chi connectivity index (χ4v) is 2.20. The molecule has 0 saturated heterocycles. The molecule has 8 nitrogen and oxygen atoms in total. The Kier molecular flexibility index (Phi) is 9.14. The topological polar surface area (TPSA) is 114 Å². The first-order chi connectivity index (χ1) is 12.4. The quantitative estimate of drug-likeness (QED) is 0.561. The van der Waals surface area contributed by atoms with Crippen LogP contribution in [-0.2, 0) is 25.7 Å². The van der Waals surface area contributed by atoms with E-state index in [0.29, 0.717) is 6.42 Å². The van der Waals surface area contributed by atoms with Crippen LogP contribution in [0.1, 0.15) is 25.8 Å². The molecule has 3 N–H and O–H groups in total. The number of carbonyl (C=O) groups is 3. The van der Waals surface area contributed by atoms with Gasteiger partial charge < -0.3 is 25.2 Å². The predicted molar refractivity (Wildman–Crippen MR) is 94.0 cm³/mol. The SMILES string of the molecule is COC(=O)[C@@H](CO)NC(=O)[C@@H](CC(C)C)NC(=O)OCc1ccccc1. The number of aliphatic hydroxyl groups excluding tert-OH is 1. The molecule has 0 bridgehead atoms. The van der Waals surface area contributed by atoms with Gasteiger partial charge in [-0.15, -0.1) is 0 Å². The number of rotatable bonds is 9. The predicted octanol–water partition coefficient (Wildman–Crippen LogP) is 0.978. The highest BCUT2D eigenvalue weighted by molar-refractivity contribution is 5.89. The molecule has 2 amide bonds. The largest absolute Gasteiger partial charge is 0.467 e. The fraction of sp³-hybridized carbons (Fsp3) is 0.500. The van der Waals surface area contributed by atoms with Crippen molar-refractivity contribution in [2.24, 2.45) is 5.92 Å². The Morgan fingerprint density at radius 3 is 2.27 bits per heavy atom. The van der Waals surface area contributed by atoms with E-state index in [4.69, 9.17) is 4.74 Å². The molecule has 2 atom stereocenters. The molecule has 0 unspecified atom stereocenters. The molecule has 0 spiro atoms. The Hall–Kier alpha value is -2.61. The molecule has 0 aliphatic heterocycles. The maximum absolute atomic E-state index is 12.4. The number of aliphatic hydroxyl groups is 1. The highest BCUT2D eigenvalue weighted by Gasteiger charge is 2.27. The summed E-state index contributed by atoms with van der Waals surface area (Å²) in [5.41, 5.74) is 0.818. The van der Waals surface area contributed by atoms with E-state index in [2.05, 4.69) is 15.4 Å². The second kappa shape index (κ2) is 11.1. The van der Waals surface area contributed by atoms with Crippen LogP contribution in [0.2, 0.25) is 0 Å². The molecule has 0 fully saturated rings. The molecule has 1 aromatic rings. The van der Waals surface area contributed by atoms with E-state index >= 15 is 0 Å². The van der Waals surface area contributed by atoms with Gasteiger partial charge in [-0.25, -0.2) is 9.59 Å². The monoisotopic (exact) mass is 366 g/mol. The highest BCUT2D eigenvalue weighted by Crippen LogP contribution is 2.07. The third kappa shape index (κ3) is 7.52. The normalized spacial score (nSPS) is 12.8. The Labute approximate surface area is 152 Å². The first-order valence-electron chi connectivity index (χ1n) is 8.33. The lowest BCUT2D eigenvalue weighted by Gasteiger charge is -2.22. The summed E-state index contributed by atoms with van der Waals surface area (Å²) in [6, 6.07) is 7.04. The van der Waals surface area contributed by atoms with Crippen LogP contribution in [-0.4, -0.2) is 48.9 Å². The number of carbonyl (C=O) groups excluding carboxylic acids is 3. The molecular weight excluding hydrogens is 340 g/mol. The maximum atomic E-state index is 12.4. The lowest BCUT2D eigenvalue weighted by molar-refractivity contribution is -0.146. The number of esters is 1. The van der Waals surface area contributed by atoms with E-state index in [1.165, 1.54) is 0 Å². The second-order valence-corrected chi connectivity index (χ2v) is 6.16. The van der Waals surface area contributed by atoms with Gasteiger partial charge in [-0.3, -0.25) is 4.79 Å². The van der Waals surface area contributed by atoms with Crippen LogP contribution in [0.3, 0.4) is 0 Å². The third-order valence-electron chi connectivity index (χ3n) is 3.51. The van der Waals surface area contributed by atoms with E-state index in [-0.39, 0.29) is 12.5 Å². The third-order valence-corrected chi connectivity index (χ3v) is 3.51. The van der Waals surface area contributed by atoms with E-state index < -0.39 is 36.7 Å². The summed E-state index contributed by atoms with van der Waals surface area (Å²) < 4.78 is 9.63. The first kappa shape index (κ1) is 21.4. The Morgan fingerprint density at radius 1 is 1.08 bits per heavy atom. The summed E-state index contributed by atoms with van der Waals surface area (Å²) in [5.74, 6) is -1.26. The molecular formula is C18H26N2O6. The van der Waals surface area contributed by atoms with Crippen molar-refractivity contribution >= 4 is 18.0 Å². The maximum Gasteiger partial charge on any atom is 0.408 e. The van der Waals surface area contributed by atoms with Crippen LogP contribution in [0.5, 0.6) is 0 Å². The van der Waals surface area contributed by atoms with Crippen LogP contribution in [0, 0.1) is 5.92 Å². The van der Waals surface area contributed by atoms with Gasteiger partial charge in [0.2, 0.25) is 5.91 Å². The summed E-state index contributed by atoms with van der Waals surface area (Å²) in [4.78, 5) is 35.9. The van der Waals surface area contributed by atoms with E-state index in [1.54, 1.807) is 0 Å². The number of hydrogen-bond donors (Lipinski definition) is 3. The molecule has 8 heteroatoms. The average molecular weight is 366 g/mol. The summed E-state index contributed by atoms with van der Waals surface area (Å²) >= 11 is 0. The molecule has 26 heavy (non-hydrogen) atoms. The highest BCUT2D eigenvalue weighted by atomic mass is 16.5. The summed E-state index contributed by atoms with van der Waals surface area (Å²) in [6.07, 6.45) is -0.403. The lowest BCUT2D eigenvalue weighted by Crippen LogP contribution is -2.53. The second-order valence-electron chi connectivity index (χ2n) is 6.16. The van der Waals surface area contributed by atoms with Gasteiger partial charge in [0, 0.05) is 0 Å². The van der Waals surface area contributed by atoms with Crippen molar-refractivity contribution in [1.82, 2.24) is 10.6 Å². The van der Waals surface area contributed by atoms with Gasteiger partial charge in [-0.1, -0.05) is 44.2 Å². The van der Waals surface area contributed by atoms with E-state index in [1.807, 2.05) is 44.2 Å². The Morgan fingerprint density at radius 2 is 1.73 bits per heavy atom. The minimum atomic E-state index is -1.19. The van der Waals surface area contributed by atoms with Crippen molar-refractivity contribution in [3.63, 3.8) is 0 Å². The first-order valence-corrected chi connectivity index (χ1v) is 8.33. The molecule has 0 saturated carbocycles. The van der Waals surface area contributed by atoms with Crippen molar-refractivity contribution in [2.75, 3.05) is 13.7 Å². The number of alkyl carbamates (subject to hydrolysis) is 1. The van der Waals surface area contributed by atoms with Crippen LogP contribution in [0.25, 0.3) is 0 Å². The summed E-state index contributed by atoms with van der Waals surface area (Å²) in [6.45, 7) is 3.25. The smallest absolute Gasteiger partial charge is 0.408 e. The standard InChI is InChI=1S/C18H26N2O6/c1-12(2)9-14(16(22)19-15(10-21)17(23)25-3)20-18(24)26-11-13-7-5-4-6-8-13/h4-8,12,14-15,21H,9-11H2,1-3H3,(H,19,22)(H,20,24)/t14-,15-/m1/s1. The molecule has 0 heterocycles. The van der Waals surface area contributed by atoms with Crippen LogP contribution < -0.4 is 10.6 Å². The molecule has 0 aliphatic carbocycles. The molecule has 0 aliphatic rings. The minimum Gasteiger partial charge on any atom is -0.467 e. The number of benzene rings is 1. The zero-order valence-corrected chi connectivity index (χ0v) is 15.2. The van der Waals surface area contributed by atoms with Crippen LogP contribution in [0.15, 0.2) is 30.3 Å². The number of methoxy groups -OCH3 is 1. The van der Waals surface area contributed by atoms with E-state index in [9.17, 15) is 19.5 Å². The Balaban J connectivity index is 2.65. The van der Waals surface area contributed by atoms with Crippen molar-refractivity contribution in [3.05, 3.63) is 35.9 Å². The number of nitrogens with one attached hydrogen (secondary N) is 2. The molecule has 1 aromatic carbocycles. The molecule has 144 valence electrons. The zero-order valence-electron chi connectivity index (χ0n) is 15.2. The van der Waals surface area contributed by atoms with Gasteiger partial charge >= 0.3 is 12.1 Å². The van der Waals surface area contributed by atoms with Gasteiger partial charge in [-0.05, 0) is 17.9 Å². The van der Waals surface area contributed by atoms with Crippen molar-refractivity contribution < 1.29 is 29.0 Å². The number of hydrogen-bond acceptors (Lipinski definition) is 6. The summed E-state index contributed by atoms with van der Waals surface area (Å²) in [5, 5.41) is 14.1. The Bertz CT molecular complexity index is 591. The van der Waals surface area contributed by atoms with Gasteiger partial charge in [0.05, 0.1) is 13.7 Å². The fourth-order valence-electron chi connectivity index (χ4n) is 2.20. The zero-order chi connectivity index (χ0) is 19.5. The van der Waals surface area contributed by atoms with Crippen molar-refractivity contribution in [3.8, 4) is 0 Å². The van der Waals surface area contributed by atoms with Gasteiger partial charge in [0.15, 0.2) is 6.04 Å². The minimum absolute atomic E-state index is 0.0735. The average Bonchev–Trinajstić information content (AvgIpc) is 2.63.